The van der Waals surface area contributed by atoms with Gasteiger partial charge in [-0.2, -0.15) is 0 Å². The average molecular weight is 296 g/mol. The molecule has 0 spiro atoms. The van der Waals surface area contributed by atoms with Crippen molar-refractivity contribution in [1.29, 1.82) is 0 Å². The Hall–Kier alpha value is -1.10. The molecule has 0 saturated carbocycles. The summed E-state index contributed by atoms with van der Waals surface area (Å²) in [6.45, 7) is 9.55. The van der Waals surface area contributed by atoms with E-state index in [0.717, 1.165) is 32.4 Å². The van der Waals surface area contributed by atoms with Crippen LogP contribution in [-0.4, -0.2) is 48.1 Å². The Morgan fingerprint density at radius 2 is 2.19 bits per heavy atom. The molecule has 0 radical (unpaired) electrons. The summed E-state index contributed by atoms with van der Waals surface area (Å²) in [5, 5.41) is 3.48. The van der Waals surface area contributed by atoms with E-state index in [2.05, 4.69) is 12.2 Å². The zero-order valence-corrected chi connectivity index (χ0v) is 13.6. The molecule has 2 fully saturated rings. The number of piperidine rings is 1. The summed E-state index contributed by atoms with van der Waals surface area (Å²) in [6, 6.07) is 0.125. The molecule has 2 aliphatic rings. The van der Waals surface area contributed by atoms with Gasteiger partial charge >= 0.3 is 5.97 Å². The van der Waals surface area contributed by atoms with Gasteiger partial charge in [0.05, 0.1) is 0 Å². The number of esters is 1. The minimum Gasteiger partial charge on any atom is -0.461 e. The highest BCUT2D eigenvalue weighted by atomic mass is 16.6. The van der Waals surface area contributed by atoms with Crippen LogP contribution in [0.25, 0.3) is 0 Å². The molecule has 4 atom stereocenters. The third-order valence-electron chi connectivity index (χ3n) is 4.65. The van der Waals surface area contributed by atoms with Crippen LogP contribution >= 0.6 is 0 Å². The molecule has 2 saturated heterocycles. The van der Waals surface area contributed by atoms with Crippen molar-refractivity contribution >= 4 is 11.9 Å². The quantitative estimate of drug-likeness (QED) is 0.800. The van der Waals surface area contributed by atoms with Gasteiger partial charge in [0.1, 0.15) is 12.1 Å². The van der Waals surface area contributed by atoms with Crippen LogP contribution in [0.1, 0.15) is 47.0 Å². The van der Waals surface area contributed by atoms with E-state index in [9.17, 15) is 9.59 Å². The second-order valence-electron chi connectivity index (χ2n) is 6.70. The molecule has 5 nitrogen and oxygen atoms in total. The number of hydrogen-bond acceptors (Lipinski definition) is 4. The fourth-order valence-corrected chi connectivity index (χ4v) is 3.38. The van der Waals surface area contributed by atoms with E-state index >= 15 is 0 Å². The number of hydrogen-bond donors (Lipinski definition) is 1. The van der Waals surface area contributed by atoms with Gasteiger partial charge in [-0.25, -0.2) is 0 Å². The Morgan fingerprint density at radius 1 is 1.48 bits per heavy atom. The first-order valence-electron chi connectivity index (χ1n) is 8.17. The summed E-state index contributed by atoms with van der Waals surface area (Å²) in [6.07, 6.45) is 2.68. The maximum absolute atomic E-state index is 12.1. The average Bonchev–Trinajstić information content (AvgIpc) is 2.76. The number of nitrogens with one attached hydrogen (secondary N) is 1. The van der Waals surface area contributed by atoms with Gasteiger partial charge in [0.2, 0.25) is 5.91 Å². The van der Waals surface area contributed by atoms with Crippen LogP contribution in [0.5, 0.6) is 0 Å². The van der Waals surface area contributed by atoms with E-state index in [1.165, 1.54) is 0 Å². The number of carbonyl (C=O) groups excluding carboxylic acids is 2. The lowest BCUT2D eigenvalue weighted by atomic mass is 9.88. The zero-order valence-electron chi connectivity index (χ0n) is 13.6. The SMILES string of the molecule is CC[C@@H]1CN(C(=O)C(C)C)CC[C@@H]1N[C@@H]1C[C@H](C)OC1=O. The summed E-state index contributed by atoms with van der Waals surface area (Å²) in [7, 11) is 0. The third-order valence-corrected chi connectivity index (χ3v) is 4.65. The van der Waals surface area contributed by atoms with Gasteiger partial charge in [-0.05, 0) is 19.3 Å². The second-order valence-corrected chi connectivity index (χ2v) is 6.70. The second kappa shape index (κ2) is 6.77. The lowest BCUT2D eigenvalue weighted by Gasteiger charge is -2.40. The number of likely N-dealkylation sites (tertiary alicyclic amines) is 1. The summed E-state index contributed by atoms with van der Waals surface area (Å²) in [4.78, 5) is 25.9. The molecule has 0 aromatic carbocycles. The monoisotopic (exact) mass is 296 g/mol. The number of ether oxygens (including phenoxy) is 1. The van der Waals surface area contributed by atoms with Crippen molar-refractivity contribution in [2.24, 2.45) is 11.8 Å². The van der Waals surface area contributed by atoms with Crippen LogP contribution in [0.3, 0.4) is 0 Å². The molecule has 2 aliphatic heterocycles. The van der Waals surface area contributed by atoms with E-state index in [0.29, 0.717) is 12.0 Å². The highest BCUT2D eigenvalue weighted by Crippen LogP contribution is 2.24. The first-order chi connectivity index (χ1) is 9.92. The summed E-state index contributed by atoms with van der Waals surface area (Å²) in [5.74, 6) is 0.571. The molecule has 5 heteroatoms. The lowest BCUT2D eigenvalue weighted by molar-refractivity contribution is -0.143. The molecular weight excluding hydrogens is 268 g/mol. The topological polar surface area (TPSA) is 58.6 Å². The standard InChI is InChI=1S/C16H28N2O3/c1-5-12-9-18(15(19)10(2)3)7-6-13(12)17-14-8-11(4)21-16(14)20/h10-14,17H,5-9H2,1-4H3/t11-,12+,13-,14+/m0/s1. The number of nitrogens with zero attached hydrogens (tertiary/aromatic N) is 1. The number of rotatable bonds is 4. The van der Waals surface area contributed by atoms with Gasteiger partial charge < -0.3 is 15.0 Å². The molecule has 1 N–H and O–H groups in total. The van der Waals surface area contributed by atoms with E-state index < -0.39 is 0 Å². The number of amides is 1. The van der Waals surface area contributed by atoms with Gasteiger partial charge in [0, 0.05) is 31.5 Å². The molecule has 2 heterocycles. The molecule has 1 amide bonds. The molecule has 0 bridgehead atoms. The van der Waals surface area contributed by atoms with Crippen molar-refractivity contribution in [1.82, 2.24) is 10.2 Å². The predicted octanol–water partition coefficient (Wildman–Crippen LogP) is 1.56. The number of carbonyl (C=O) groups is 2. The maximum atomic E-state index is 12.1. The van der Waals surface area contributed by atoms with Crippen LogP contribution < -0.4 is 5.32 Å². The highest BCUT2D eigenvalue weighted by molar-refractivity contribution is 5.78. The Morgan fingerprint density at radius 3 is 2.71 bits per heavy atom. The van der Waals surface area contributed by atoms with E-state index in [1.807, 2.05) is 25.7 Å². The van der Waals surface area contributed by atoms with Crippen molar-refractivity contribution < 1.29 is 14.3 Å². The van der Waals surface area contributed by atoms with Crippen LogP contribution in [0.4, 0.5) is 0 Å². The minimum absolute atomic E-state index is 0.0117. The summed E-state index contributed by atoms with van der Waals surface area (Å²) >= 11 is 0. The largest absolute Gasteiger partial charge is 0.461 e. The van der Waals surface area contributed by atoms with Crippen molar-refractivity contribution in [2.45, 2.75) is 65.1 Å². The van der Waals surface area contributed by atoms with Gasteiger partial charge in [-0.1, -0.05) is 27.2 Å². The Kier molecular flexibility index (Phi) is 5.25. The van der Waals surface area contributed by atoms with E-state index in [4.69, 9.17) is 4.74 Å². The zero-order chi connectivity index (χ0) is 15.6. The van der Waals surface area contributed by atoms with Gasteiger partial charge in [-0.3, -0.25) is 9.59 Å². The molecule has 0 unspecified atom stereocenters. The normalized spacial score (nSPS) is 33.4. The molecule has 0 aromatic heterocycles. The highest BCUT2D eigenvalue weighted by Gasteiger charge is 2.37. The van der Waals surface area contributed by atoms with Crippen molar-refractivity contribution in [3.63, 3.8) is 0 Å². The van der Waals surface area contributed by atoms with E-state index in [-0.39, 0.29) is 29.9 Å². The van der Waals surface area contributed by atoms with Gasteiger partial charge in [0.15, 0.2) is 0 Å². The molecule has 21 heavy (non-hydrogen) atoms. The van der Waals surface area contributed by atoms with E-state index in [1.54, 1.807) is 0 Å². The Labute approximate surface area is 127 Å². The molecular formula is C16H28N2O3. The summed E-state index contributed by atoms with van der Waals surface area (Å²) < 4.78 is 5.21. The first kappa shape index (κ1) is 16.3. The lowest BCUT2D eigenvalue weighted by Crippen LogP contribution is -2.54. The van der Waals surface area contributed by atoms with Gasteiger partial charge in [-0.15, -0.1) is 0 Å². The Balaban J connectivity index is 1.93. The first-order valence-corrected chi connectivity index (χ1v) is 8.17. The molecule has 120 valence electrons. The van der Waals surface area contributed by atoms with Crippen molar-refractivity contribution in [3.8, 4) is 0 Å². The fourth-order valence-electron chi connectivity index (χ4n) is 3.38. The molecule has 0 aliphatic carbocycles. The van der Waals surface area contributed by atoms with Crippen molar-refractivity contribution in [2.75, 3.05) is 13.1 Å². The number of cyclic esters (lactones) is 1. The fraction of sp³-hybridized carbons (Fsp3) is 0.875. The summed E-state index contributed by atoms with van der Waals surface area (Å²) in [5.41, 5.74) is 0. The smallest absolute Gasteiger partial charge is 0.323 e. The molecule has 2 rings (SSSR count). The van der Waals surface area contributed by atoms with Crippen LogP contribution in [0.2, 0.25) is 0 Å². The maximum Gasteiger partial charge on any atom is 0.323 e. The molecule has 0 aromatic rings. The third kappa shape index (κ3) is 3.76. The Bertz CT molecular complexity index is 397. The van der Waals surface area contributed by atoms with Crippen LogP contribution in [0, 0.1) is 11.8 Å². The predicted molar refractivity (Wildman–Crippen MR) is 80.7 cm³/mol. The van der Waals surface area contributed by atoms with Gasteiger partial charge in [0.25, 0.3) is 0 Å². The van der Waals surface area contributed by atoms with Crippen LogP contribution in [-0.2, 0) is 14.3 Å². The minimum atomic E-state index is -0.175. The van der Waals surface area contributed by atoms with Crippen molar-refractivity contribution in [3.05, 3.63) is 0 Å². The van der Waals surface area contributed by atoms with Crippen LogP contribution in [0.15, 0.2) is 0 Å².